The first-order chi connectivity index (χ1) is 12.5. The number of nitrogens with one attached hydrogen (secondary N) is 1. The van der Waals surface area contributed by atoms with Crippen LogP contribution in [0, 0.1) is 0 Å². The Kier molecular flexibility index (Phi) is 5.67. The Morgan fingerprint density at radius 1 is 1.19 bits per heavy atom. The Morgan fingerprint density at radius 3 is 2.50 bits per heavy atom. The standard InChI is InChI=1S/C21H29N3O2/c1-15(22-21(25)24(3)16-11-13-23(2)14-12-16)17-9-10-20(26-4)19-8-6-5-7-18(17)19/h5-10,15-16H,11-14H2,1-4H3,(H,22,25)/t15-/m1/s1. The summed E-state index contributed by atoms with van der Waals surface area (Å²) in [5.41, 5.74) is 1.10. The highest BCUT2D eigenvalue weighted by molar-refractivity contribution is 5.91. The van der Waals surface area contributed by atoms with Crippen LogP contribution in [0.4, 0.5) is 4.79 Å². The molecule has 1 saturated heterocycles. The molecule has 140 valence electrons. The van der Waals surface area contributed by atoms with Crippen molar-refractivity contribution < 1.29 is 9.53 Å². The minimum atomic E-state index is -0.0768. The smallest absolute Gasteiger partial charge is 0.317 e. The molecule has 1 aliphatic rings. The second-order valence-electron chi connectivity index (χ2n) is 7.22. The van der Waals surface area contributed by atoms with Crippen LogP contribution < -0.4 is 10.1 Å². The van der Waals surface area contributed by atoms with E-state index in [2.05, 4.69) is 29.4 Å². The molecule has 0 aromatic heterocycles. The molecule has 3 rings (SSSR count). The minimum absolute atomic E-state index is 0.00745. The van der Waals surface area contributed by atoms with Crippen molar-refractivity contribution >= 4 is 16.8 Å². The van der Waals surface area contributed by atoms with E-state index in [1.807, 2.05) is 43.1 Å². The molecule has 0 saturated carbocycles. The predicted octanol–water partition coefficient (Wildman–Crippen LogP) is 3.65. The van der Waals surface area contributed by atoms with Gasteiger partial charge in [0.2, 0.25) is 0 Å². The van der Waals surface area contributed by atoms with Crippen molar-refractivity contribution in [2.75, 3.05) is 34.3 Å². The maximum atomic E-state index is 12.7. The van der Waals surface area contributed by atoms with Crippen molar-refractivity contribution in [2.24, 2.45) is 0 Å². The molecule has 1 aliphatic heterocycles. The van der Waals surface area contributed by atoms with Gasteiger partial charge in [0.1, 0.15) is 5.75 Å². The predicted molar refractivity (Wildman–Crippen MR) is 106 cm³/mol. The maximum absolute atomic E-state index is 12.7. The van der Waals surface area contributed by atoms with Gasteiger partial charge in [0.15, 0.2) is 0 Å². The van der Waals surface area contributed by atoms with E-state index in [0.29, 0.717) is 6.04 Å². The van der Waals surface area contributed by atoms with Crippen LogP contribution in [0.3, 0.4) is 0 Å². The van der Waals surface area contributed by atoms with Gasteiger partial charge in [-0.05, 0) is 56.9 Å². The van der Waals surface area contributed by atoms with Crippen LogP contribution in [0.2, 0.25) is 0 Å². The molecule has 0 unspecified atom stereocenters. The number of nitrogens with zero attached hydrogens (tertiary/aromatic N) is 2. The van der Waals surface area contributed by atoms with Gasteiger partial charge in [0, 0.05) is 18.5 Å². The molecule has 2 aromatic rings. The molecule has 0 spiro atoms. The van der Waals surface area contributed by atoms with E-state index in [0.717, 1.165) is 48.0 Å². The fourth-order valence-electron chi connectivity index (χ4n) is 3.76. The molecular formula is C21H29N3O2. The molecule has 1 atom stereocenters. The number of methoxy groups -OCH3 is 1. The van der Waals surface area contributed by atoms with E-state index in [-0.39, 0.29) is 12.1 Å². The van der Waals surface area contributed by atoms with Gasteiger partial charge in [-0.15, -0.1) is 0 Å². The average molecular weight is 355 g/mol. The number of hydrogen-bond acceptors (Lipinski definition) is 3. The summed E-state index contributed by atoms with van der Waals surface area (Å²) in [4.78, 5) is 16.9. The molecular weight excluding hydrogens is 326 g/mol. The lowest BCUT2D eigenvalue weighted by Gasteiger charge is -2.35. The number of benzene rings is 2. The highest BCUT2D eigenvalue weighted by Crippen LogP contribution is 2.31. The van der Waals surface area contributed by atoms with Crippen LogP contribution in [0.15, 0.2) is 36.4 Å². The molecule has 0 aliphatic carbocycles. The maximum Gasteiger partial charge on any atom is 0.317 e. The summed E-state index contributed by atoms with van der Waals surface area (Å²) in [6, 6.07) is 12.4. The van der Waals surface area contributed by atoms with E-state index in [9.17, 15) is 4.79 Å². The molecule has 26 heavy (non-hydrogen) atoms. The highest BCUT2D eigenvalue weighted by Gasteiger charge is 2.25. The zero-order chi connectivity index (χ0) is 18.7. The largest absolute Gasteiger partial charge is 0.496 e. The Balaban J connectivity index is 1.74. The number of piperidine rings is 1. The second-order valence-corrected chi connectivity index (χ2v) is 7.22. The van der Waals surface area contributed by atoms with Gasteiger partial charge in [0.25, 0.3) is 0 Å². The highest BCUT2D eigenvalue weighted by atomic mass is 16.5. The number of urea groups is 1. The zero-order valence-electron chi connectivity index (χ0n) is 16.2. The summed E-state index contributed by atoms with van der Waals surface area (Å²) in [5.74, 6) is 0.853. The van der Waals surface area contributed by atoms with E-state index >= 15 is 0 Å². The van der Waals surface area contributed by atoms with Crippen LogP contribution in [-0.4, -0.2) is 56.2 Å². The number of ether oxygens (including phenoxy) is 1. The van der Waals surface area contributed by atoms with Crippen molar-refractivity contribution in [1.82, 2.24) is 15.1 Å². The van der Waals surface area contributed by atoms with Crippen molar-refractivity contribution in [3.8, 4) is 5.75 Å². The van der Waals surface area contributed by atoms with Gasteiger partial charge in [-0.1, -0.05) is 30.3 Å². The summed E-state index contributed by atoms with van der Waals surface area (Å²) in [5, 5.41) is 5.35. The normalized spacial score (nSPS) is 17.1. The van der Waals surface area contributed by atoms with Gasteiger partial charge >= 0.3 is 6.03 Å². The summed E-state index contributed by atoms with van der Waals surface area (Å²) in [6.07, 6.45) is 2.06. The quantitative estimate of drug-likeness (QED) is 0.911. The Morgan fingerprint density at radius 2 is 1.85 bits per heavy atom. The molecule has 5 heteroatoms. The monoisotopic (exact) mass is 355 g/mol. The van der Waals surface area contributed by atoms with Crippen LogP contribution in [0.25, 0.3) is 10.8 Å². The third kappa shape index (κ3) is 3.78. The summed E-state index contributed by atoms with van der Waals surface area (Å²) in [7, 11) is 5.72. The van der Waals surface area contributed by atoms with E-state index in [4.69, 9.17) is 4.74 Å². The van der Waals surface area contributed by atoms with Gasteiger partial charge in [-0.25, -0.2) is 4.79 Å². The average Bonchev–Trinajstić information content (AvgIpc) is 2.67. The first-order valence-electron chi connectivity index (χ1n) is 9.28. The number of carbonyl (C=O) groups is 1. The lowest BCUT2D eigenvalue weighted by atomic mass is 9.99. The third-order valence-electron chi connectivity index (χ3n) is 5.50. The lowest BCUT2D eigenvalue weighted by molar-refractivity contribution is 0.146. The van der Waals surface area contributed by atoms with E-state index in [1.165, 1.54) is 0 Å². The first kappa shape index (κ1) is 18.5. The van der Waals surface area contributed by atoms with Crippen LogP contribution in [0.1, 0.15) is 31.4 Å². The molecule has 5 nitrogen and oxygen atoms in total. The van der Waals surface area contributed by atoms with Crippen LogP contribution in [0.5, 0.6) is 5.75 Å². The first-order valence-corrected chi connectivity index (χ1v) is 9.28. The van der Waals surface area contributed by atoms with Crippen LogP contribution in [-0.2, 0) is 0 Å². The van der Waals surface area contributed by atoms with Crippen LogP contribution >= 0.6 is 0 Å². The van der Waals surface area contributed by atoms with Crippen molar-refractivity contribution in [3.63, 3.8) is 0 Å². The summed E-state index contributed by atoms with van der Waals surface area (Å²) in [6.45, 7) is 4.12. The molecule has 0 radical (unpaired) electrons. The number of amides is 2. The number of carbonyl (C=O) groups excluding carboxylic acids is 1. The fraction of sp³-hybridized carbons (Fsp3) is 0.476. The number of hydrogen-bond donors (Lipinski definition) is 1. The van der Waals surface area contributed by atoms with E-state index < -0.39 is 0 Å². The SMILES string of the molecule is COc1ccc([C@@H](C)NC(=O)N(C)C2CCN(C)CC2)c2ccccc12. The topological polar surface area (TPSA) is 44.8 Å². The van der Waals surface area contributed by atoms with E-state index in [1.54, 1.807) is 7.11 Å². The molecule has 1 heterocycles. The molecule has 1 N–H and O–H groups in total. The lowest BCUT2D eigenvalue weighted by Crippen LogP contribution is -2.48. The summed E-state index contributed by atoms with van der Waals surface area (Å²) < 4.78 is 5.47. The number of likely N-dealkylation sites (tertiary alicyclic amines) is 1. The van der Waals surface area contributed by atoms with Gasteiger partial charge in [0.05, 0.1) is 13.2 Å². The number of rotatable bonds is 4. The molecule has 2 aromatic carbocycles. The Labute approximate surface area is 155 Å². The van der Waals surface area contributed by atoms with Gasteiger partial charge in [-0.3, -0.25) is 0 Å². The Bertz CT molecular complexity index is 769. The van der Waals surface area contributed by atoms with Gasteiger partial charge in [-0.2, -0.15) is 0 Å². The molecule has 1 fully saturated rings. The molecule has 2 amide bonds. The van der Waals surface area contributed by atoms with Crippen molar-refractivity contribution in [3.05, 3.63) is 42.0 Å². The summed E-state index contributed by atoms with van der Waals surface area (Å²) >= 11 is 0. The Hall–Kier alpha value is -2.27. The zero-order valence-corrected chi connectivity index (χ0v) is 16.2. The van der Waals surface area contributed by atoms with Crippen molar-refractivity contribution in [2.45, 2.75) is 31.8 Å². The second kappa shape index (κ2) is 7.96. The minimum Gasteiger partial charge on any atom is -0.496 e. The molecule has 0 bridgehead atoms. The third-order valence-corrected chi connectivity index (χ3v) is 5.50. The van der Waals surface area contributed by atoms with Gasteiger partial charge < -0.3 is 19.9 Å². The number of fused-ring (bicyclic) bond motifs is 1. The van der Waals surface area contributed by atoms with Crippen molar-refractivity contribution in [1.29, 1.82) is 0 Å². The fourth-order valence-corrected chi connectivity index (χ4v) is 3.76.